The zero-order chi connectivity index (χ0) is 22.1. The lowest BCUT2D eigenvalue weighted by Gasteiger charge is -2.34. The van der Waals surface area contributed by atoms with E-state index in [9.17, 15) is 9.59 Å². The van der Waals surface area contributed by atoms with Crippen molar-refractivity contribution in [3.05, 3.63) is 71.9 Å². The third-order valence-corrected chi connectivity index (χ3v) is 6.62. The van der Waals surface area contributed by atoms with E-state index in [0.717, 1.165) is 17.6 Å². The van der Waals surface area contributed by atoms with Crippen LogP contribution in [0.5, 0.6) is 5.75 Å². The third-order valence-electron chi connectivity index (χ3n) is 6.62. The number of carbonyl (C=O) groups is 2. The van der Waals surface area contributed by atoms with Crippen molar-refractivity contribution in [2.24, 2.45) is 11.8 Å². The summed E-state index contributed by atoms with van der Waals surface area (Å²) in [5.41, 5.74) is 4.20. The van der Waals surface area contributed by atoms with Crippen LogP contribution >= 0.6 is 0 Å². The Morgan fingerprint density at radius 3 is 2.72 bits per heavy atom. The smallest absolute Gasteiger partial charge is 0.228 e. The summed E-state index contributed by atoms with van der Waals surface area (Å²) >= 11 is 0. The molecule has 0 saturated heterocycles. The second kappa shape index (κ2) is 8.54. The molecule has 2 heterocycles. The summed E-state index contributed by atoms with van der Waals surface area (Å²) in [7, 11) is 1.60. The number of aromatic nitrogens is 1. The van der Waals surface area contributed by atoms with Crippen LogP contribution in [0.3, 0.4) is 0 Å². The van der Waals surface area contributed by atoms with Gasteiger partial charge >= 0.3 is 0 Å². The van der Waals surface area contributed by atoms with Crippen molar-refractivity contribution in [2.75, 3.05) is 19.0 Å². The molecule has 164 valence electrons. The largest absolute Gasteiger partial charge is 0.497 e. The van der Waals surface area contributed by atoms with Crippen LogP contribution in [0, 0.1) is 11.8 Å². The highest BCUT2D eigenvalue weighted by Crippen LogP contribution is 2.32. The van der Waals surface area contributed by atoms with Crippen molar-refractivity contribution in [3.63, 3.8) is 0 Å². The molecule has 0 bridgehead atoms. The molecule has 2 aliphatic rings. The van der Waals surface area contributed by atoms with Crippen LogP contribution in [-0.2, 0) is 22.6 Å². The first-order chi connectivity index (χ1) is 15.6. The highest BCUT2D eigenvalue weighted by Gasteiger charge is 2.37. The van der Waals surface area contributed by atoms with Crippen molar-refractivity contribution >= 4 is 28.4 Å². The molecule has 32 heavy (non-hydrogen) atoms. The second-order valence-electron chi connectivity index (χ2n) is 8.51. The third kappa shape index (κ3) is 3.77. The maximum atomic E-state index is 13.5. The van der Waals surface area contributed by atoms with E-state index in [2.05, 4.69) is 22.4 Å². The zero-order valence-electron chi connectivity index (χ0n) is 18.1. The fourth-order valence-corrected chi connectivity index (χ4v) is 4.93. The molecule has 0 radical (unpaired) electrons. The zero-order valence-corrected chi connectivity index (χ0v) is 18.1. The first kappa shape index (κ1) is 20.4. The Balaban J connectivity index is 1.32. The van der Waals surface area contributed by atoms with E-state index in [1.165, 1.54) is 10.9 Å². The number of anilines is 1. The Morgan fingerprint density at radius 2 is 1.88 bits per heavy atom. The minimum absolute atomic E-state index is 0.0597. The second-order valence-corrected chi connectivity index (χ2v) is 8.51. The van der Waals surface area contributed by atoms with Gasteiger partial charge in [0.15, 0.2) is 0 Å². The van der Waals surface area contributed by atoms with Gasteiger partial charge in [-0.15, -0.1) is 0 Å². The number of para-hydroxylation sites is 1. The van der Waals surface area contributed by atoms with Gasteiger partial charge < -0.3 is 19.9 Å². The molecule has 1 aromatic heterocycles. The number of allylic oxidation sites excluding steroid dienone is 2. The van der Waals surface area contributed by atoms with E-state index >= 15 is 0 Å². The van der Waals surface area contributed by atoms with Gasteiger partial charge in [-0.05, 0) is 43.0 Å². The topological polar surface area (TPSA) is 74.4 Å². The number of ether oxygens (including phenoxy) is 1. The molecule has 6 heteroatoms. The highest BCUT2D eigenvalue weighted by atomic mass is 16.5. The summed E-state index contributed by atoms with van der Waals surface area (Å²) < 4.78 is 5.24. The van der Waals surface area contributed by atoms with Crippen LogP contribution in [0.2, 0.25) is 0 Å². The van der Waals surface area contributed by atoms with Gasteiger partial charge in [0.2, 0.25) is 11.8 Å². The van der Waals surface area contributed by atoms with Crippen LogP contribution in [0.25, 0.3) is 10.9 Å². The maximum Gasteiger partial charge on any atom is 0.228 e. The van der Waals surface area contributed by atoms with Gasteiger partial charge in [-0.25, -0.2) is 0 Å². The number of amides is 2. The van der Waals surface area contributed by atoms with Gasteiger partial charge in [0.25, 0.3) is 0 Å². The lowest BCUT2D eigenvalue weighted by Crippen LogP contribution is -2.45. The average Bonchev–Trinajstić information content (AvgIpc) is 3.21. The van der Waals surface area contributed by atoms with Gasteiger partial charge in [-0.2, -0.15) is 0 Å². The summed E-state index contributed by atoms with van der Waals surface area (Å²) in [6.45, 7) is 1.24. The molecule has 2 atom stereocenters. The lowest BCUT2D eigenvalue weighted by molar-refractivity contribution is -0.141. The number of nitrogens with zero attached hydrogens (tertiary/aromatic N) is 1. The number of carbonyl (C=O) groups excluding carboxylic acids is 2. The number of rotatable bonds is 4. The molecule has 6 nitrogen and oxygen atoms in total. The van der Waals surface area contributed by atoms with Crippen LogP contribution in [-0.4, -0.2) is 35.4 Å². The molecule has 0 fully saturated rings. The van der Waals surface area contributed by atoms with Crippen molar-refractivity contribution in [2.45, 2.75) is 25.8 Å². The summed E-state index contributed by atoms with van der Waals surface area (Å²) in [5.74, 6) is -0.116. The van der Waals surface area contributed by atoms with Gasteiger partial charge in [0, 0.05) is 34.9 Å². The van der Waals surface area contributed by atoms with Crippen LogP contribution in [0.1, 0.15) is 24.1 Å². The van der Waals surface area contributed by atoms with Gasteiger partial charge in [0.05, 0.1) is 25.5 Å². The molecule has 2 aromatic carbocycles. The van der Waals surface area contributed by atoms with Crippen molar-refractivity contribution < 1.29 is 14.3 Å². The first-order valence-corrected chi connectivity index (χ1v) is 11.1. The fraction of sp³-hybridized carbons (Fsp3) is 0.308. The number of methoxy groups -OCH3 is 1. The van der Waals surface area contributed by atoms with E-state index in [1.54, 1.807) is 13.2 Å². The number of nitrogens with one attached hydrogen (secondary N) is 2. The highest BCUT2D eigenvalue weighted by molar-refractivity contribution is 5.96. The molecule has 1 aliphatic heterocycles. The van der Waals surface area contributed by atoms with E-state index < -0.39 is 0 Å². The fourth-order valence-electron chi connectivity index (χ4n) is 4.93. The van der Waals surface area contributed by atoms with Gasteiger partial charge in [-0.3, -0.25) is 9.59 Å². The lowest BCUT2D eigenvalue weighted by atomic mass is 9.81. The Morgan fingerprint density at radius 1 is 1.06 bits per heavy atom. The number of hydrogen-bond donors (Lipinski definition) is 2. The predicted octanol–water partition coefficient (Wildman–Crippen LogP) is 4.28. The molecule has 1 aliphatic carbocycles. The molecule has 2 N–H and O–H groups in total. The monoisotopic (exact) mass is 429 g/mol. The van der Waals surface area contributed by atoms with Crippen LogP contribution in [0.15, 0.2) is 60.7 Å². The van der Waals surface area contributed by atoms with E-state index in [4.69, 9.17) is 4.74 Å². The quantitative estimate of drug-likeness (QED) is 0.608. The standard InChI is InChI=1S/C26H27N3O3/c1-32-18-8-6-7-17(15-18)27-25(30)21-10-2-3-11-22(21)26(31)29-14-13-20-19-9-4-5-12-23(19)28-24(20)16-29/h2-9,12,15,21-22,28H,10-11,13-14,16H2,1H3,(H,27,30). The summed E-state index contributed by atoms with van der Waals surface area (Å²) in [6.07, 6.45) is 6.01. The van der Waals surface area contributed by atoms with E-state index in [1.807, 2.05) is 47.4 Å². The van der Waals surface area contributed by atoms with E-state index in [-0.39, 0.29) is 23.7 Å². The minimum Gasteiger partial charge on any atom is -0.497 e. The van der Waals surface area contributed by atoms with Crippen molar-refractivity contribution in [1.82, 2.24) is 9.88 Å². The SMILES string of the molecule is COc1cccc(NC(=O)C2CC=CCC2C(=O)N2CCc3c([nH]c4ccccc34)C2)c1. The number of aromatic amines is 1. The molecule has 3 aromatic rings. The number of fused-ring (bicyclic) bond motifs is 3. The maximum absolute atomic E-state index is 13.5. The molecule has 0 saturated carbocycles. The first-order valence-electron chi connectivity index (χ1n) is 11.1. The molecule has 2 amide bonds. The Kier molecular flexibility index (Phi) is 5.43. The van der Waals surface area contributed by atoms with Gasteiger partial charge in [0.1, 0.15) is 5.75 Å². The molecular weight excluding hydrogens is 402 g/mol. The minimum atomic E-state index is -0.386. The van der Waals surface area contributed by atoms with Gasteiger partial charge in [-0.1, -0.05) is 36.4 Å². The normalized spacial score (nSPS) is 20.1. The van der Waals surface area contributed by atoms with Crippen molar-refractivity contribution in [3.8, 4) is 5.75 Å². The Bertz CT molecular complexity index is 1200. The predicted molar refractivity (Wildman–Crippen MR) is 124 cm³/mol. The summed E-state index contributed by atoms with van der Waals surface area (Å²) in [6, 6.07) is 15.6. The van der Waals surface area contributed by atoms with Crippen LogP contribution < -0.4 is 10.1 Å². The number of hydrogen-bond acceptors (Lipinski definition) is 3. The Labute approximate surface area is 187 Å². The molecule has 0 spiro atoms. The molecule has 5 rings (SSSR count). The number of benzene rings is 2. The Hall–Kier alpha value is -3.54. The number of H-pyrrole nitrogens is 1. The molecular formula is C26H27N3O3. The average molecular weight is 430 g/mol. The van der Waals surface area contributed by atoms with E-state index in [0.29, 0.717) is 37.4 Å². The van der Waals surface area contributed by atoms with Crippen molar-refractivity contribution in [1.29, 1.82) is 0 Å². The molecule has 2 unspecified atom stereocenters. The summed E-state index contributed by atoms with van der Waals surface area (Å²) in [5, 5.41) is 4.22. The summed E-state index contributed by atoms with van der Waals surface area (Å²) in [4.78, 5) is 32.0. The van der Waals surface area contributed by atoms with Crippen LogP contribution in [0.4, 0.5) is 5.69 Å².